The molecule has 0 unspecified atom stereocenters. The maximum absolute atomic E-state index is 12.8. The van der Waals surface area contributed by atoms with Crippen LogP contribution in [0.15, 0.2) is 48.5 Å². The van der Waals surface area contributed by atoms with Gasteiger partial charge in [-0.1, -0.05) is 31.4 Å². The van der Waals surface area contributed by atoms with Crippen LogP contribution < -0.4 is 16.0 Å². The van der Waals surface area contributed by atoms with Gasteiger partial charge in [0.2, 0.25) is 5.91 Å². The average molecular weight is 419 g/mol. The minimum atomic E-state index is -4.47. The van der Waals surface area contributed by atoms with Gasteiger partial charge in [-0.15, -0.1) is 0 Å². The van der Waals surface area contributed by atoms with Gasteiger partial charge in [-0.25, -0.2) is 0 Å². The molecule has 1 aliphatic carbocycles. The minimum absolute atomic E-state index is 0.0669. The summed E-state index contributed by atoms with van der Waals surface area (Å²) < 4.78 is 38.3. The zero-order chi connectivity index (χ0) is 21.6. The maximum Gasteiger partial charge on any atom is 0.416 e. The molecule has 2 aromatic rings. The molecule has 30 heavy (non-hydrogen) atoms. The number of benzene rings is 2. The molecule has 0 atom stereocenters. The summed E-state index contributed by atoms with van der Waals surface area (Å²) in [6, 6.07) is 11.4. The lowest BCUT2D eigenvalue weighted by atomic mass is 9.95. The predicted octanol–water partition coefficient (Wildman–Crippen LogP) is 4.82. The van der Waals surface area contributed by atoms with Crippen molar-refractivity contribution in [2.24, 2.45) is 0 Å². The van der Waals surface area contributed by atoms with Gasteiger partial charge in [-0.05, 0) is 49.2 Å². The lowest BCUT2D eigenvalue weighted by Gasteiger charge is -2.22. The Bertz CT molecular complexity index is 893. The third-order valence-corrected chi connectivity index (χ3v) is 4.99. The number of hydrogen-bond donors (Lipinski definition) is 3. The van der Waals surface area contributed by atoms with Gasteiger partial charge in [0.15, 0.2) is 0 Å². The normalized spacial score (nSPS) is 14.8. The van der Waals surface area contributed by atoms with E-state index in [2.05, 4.69) is 16.0 Å². The molecule has 2 aromatic carbocycles. The molecule has 0 saturated heterocycles. The summed E-state index contributed by atoms with van der Waals surface area (Å²) in [4.78, 5) is 24.5. The van der Waals surface area contributed by atoms with E-state index in [1.54, 1.807) is 24.3 Å². The molecule has 5 nitrogen and oxygen atoms in total. The predicted molar refractivity (Wildman–Crippen MR) is 109 cm³/mol. The molecular formula is C22H24F3N3O2. The van der Waals surface area contributed by atoms with E-state index in [-0.39, 0.29) is 24.2 Å². The second-order valence-electron chi connectivity index (χ2n) is 7.37. The summed E-state index contributed by atoms with van der Waals surface area (Å²) in [6.45, 7) is -0.149. The number of nitrogens with one attached hydrogen (secondary N) is 3. The summed E-state index contributed by atoms with van der Waals surface area (Å²) in [6.07, 6.45) is 0.936. The van der Waals surface area contributed by atoms with Crippen molar-refractivity contribution in [2.75, 3.05) is 17.2 Å². The van der Waals surface area contributed by atoms with Crippen LogP contribution in [0.5, 0.6) is 0 Å². The molecule has 0 heterocycles. The number of rotatable bonds is 6. The van der Waals surface area contributed by atoms with Crippen molar-refractivity contribution < 1.29 is 22.8 Å². The highest BCUT2D eigenvalue weighted by Crippen LogP contribution is 2.30. The Balaban J connectivity index is 1.53. The van der Waals surface area contributed by atoms with Gasteiger partial charge in [0, 0.05) is 23.0 Å². The van der Waals surface area contributed by atoms with Crippen molar-refractivity contribution in [3.63, 3.8) is 0 Å². The first-order valence-corrected chi connectivity index (χ1v) is 9.93. The van der Waals surface area contributed by atoms with Crippen molar-refractivity contribution in [3.05, 3.63) is 59.7 Å². The second kappa shape index (κ2) is 9.65. The summed E-state index contributed by atoms with van der Waals surface area (Å²) >= 11 is 0. The second-order valence-corrected chi connectivity index (χ2v) is 7.37. The Labute approximate surface area is 173 Å². The monoisotopic (exact) mass is 419 g/mol. The van der Waals surface area contributed by atoms with Crippen LogP contribution in [-0.2, 0) is 11.0 Å². The van der Waals surface area contributed by atoms with Gasteiger partial charge >= 0.3 is 6.18 Å². The van der Waals surface area contributed by atoms with Crippen LogP contribution in [0.1, 0.15) is 48.0 Å². The van der Waals surface area contributed by atoms with Crippen LogP contribution in [-0.4, -0.2) is 24.4 Å². The minimum Gasteiger partial charge on any atom is -0.376 e. The van der Waals surface area contributed by atoms with E-state index in [9.17, 15) is 22.8 Å². The Kier molecular flexibility index (Phi) is 6.97. The molecule has 8 heteroatoms. The van der Waals surface area contributed by atoms with Gasteiger partial charge in [0.1, 0.15) is 0 Å². The van der Waals surface area contributed by atoms with Gasteiger partial charge in [-0.3, -0.25) is 9.59 Å². The van der Waals surface area contributed by atoms with E-state index in [1.807, 2.05) is 0 Å². The highest BCUT2D eigenvalue weighted by atomic mass is 19.4. The molecule has 1 saturated carbocycles. The molecule has 0 aromatic heterocycles. The molecule has 0 aliphatic heterocycles. The van der Waals surface area contributed by atoms with Crippen molar-refractivity contribution in [1.82, 2.24) is 5.32 Å². The molecule has 3 rings (SSSR count). The quantitative estimate of drug-likeness (QED) is 0.629. The summed E-state index contributed by atoms with van der Waals surface area (Å²) in [5.74, 6) is -0.648. The number of amides is 2. The maximum atomic E-state index is 12.8. The van der Waals surface area contributed by atoms with Gasteiger partial charge in [0.05, 0.1) is 12.1 Å². The van der Waals surface area contributed by atoms with E-state index in [4.69, 9.17) is 0 Å². The van der Waals surface area contributed by atoms with Crippen LogP contribution in [0.4, 0.5) is 24.5 Å². The van der Waals surface area contributed by atoms with Crippen molar-refractivity contribution in [2.45, 2.75) is 44.3 Å². The molecule has 160 valence electrons. The Morgan fingerprint density at radius 2 is 1.63 bits per heavy atom. The summed E-state index contributed by atoms with van der Waals surface area (Å²) in [5, 5.41) is 8.37. The number of alkyl halides is 3. The lowest BCUT2D eigenvalue weighted by Crippen LogP contribution is -2.36. The fraction of sp³-hybridized carbons (Fsp3) is 0.364. The van der Waals surface area contributed by atoms with Crippen LogP contribution in [0.2, 0.25) is 0 Å². The fourth-order valence-corrected chi connectivity index (χ4v) is 3.45. The average Bonchev–Trinajstić information content (AvgIpc) is 2.73. The standard InChI is InChI=1S/C22H24F3N3O2/c23-22(24,25)16-7-5-11-19(13-16)27-20(29)14-26-18-10-4-6-15(12-18)21(30)28-17-8-2-1-3-9-17/h4-7,10-13,17,26H,1-3,8-9,14H2,(H,27,29)(H,28,30). The number of carbonyl (C=O) groups excluding carboxylic acids is 2. The molecule has 2 amide bonds. The number of halogens is 3. The van der Waals surface area contributed by atoms with Crippen molar-refractivity contribution >= 4 is 23.2 Å². The molecular weight excluding hydrogens is 395 g/mol. The van der Waals surface area contributed by atoms with E-state index in [0.29, 0.717) is 11.3 Å². The van der Waals surface area contributed by atoms with E-state index < -0.39 is 17.6 Å². The molecule has 3 N–H and O–H groups in total. The number of carbonyl (C=O) groups is 2. The van der Waals surface area contributed by atoms with Gasteiger partial charge in [0.25, 0.3) is 5.91 Å². The molecule has 0 spiro atoms. The first-order chi connectivity index (χ1) is 14.3. The SMILES string of the molecule is O=C(CNc1cccc(C(=O)NC2CCCCC2)c1)Nc1cccc(C(F)(F)F)c1. The molecule has 1 aliphatic rings. The Morgan fingerprint density at radius 3 is 2.37 bits per heavy atom. The van der Waals surface area contributed by atoms with E-state index >= 15 is 0 Å². The van der Waals surface area contributed by atoms with Crippen molar-refractivity contribution in [3.8, 4) is 0 Å². The smallest absolute Gasteiger partial charge is 0.376 e. The molecule has 1 fully saturated rings. The van der Waals surface area contributed by atoms with Gasteiger partial charge < -0.3 is 16.0 Å². The Morgan fingerprint density at radius 1 is 0.933 bits per heavy atom. The van der Waals surface area contributed by atoms with Crippen LogP contribution in [0, 0.1) is 0 Å². The van der Waals surface area contributed by atoms with E-state index in [1.165, 1.54) is 18.6 Å². The third kappa shape index (κ3) is 6.23. The zero-order valence-electron chi connectivity index (χ0n) is 16.4. The van der Waals surface area contributed by atoms with Crippen LogP contribution in [0.25, 0.3) is 0 Å². The fourth-order valence-electron chi connectivity index (χ4n) is 3.45. The first-order valence-electron chi connectivity index (χ1n) is 9.93. The largest absolute Gasteiger partial charge is 0.416 e. The van der Waals surface area contributed by atoms with Gasteiger partial charge in [-0.2, -0.15) is 13.2 Å². The van der Waals surface area contributed by atoms with Crippen molar-refractivity contribution in [1.29, 1.82) is 0 Å². The molecule has 0 bridgehead atoms. The zero-order valence-corrected chi connectivity index (χ0v) is 16.4. The van der Waals surface area contributed by atoms with Crippen LogP contribution >= 0.6 is 0 Å². The summed E-state index contributed by atoms with van der Waals surface area (Å²) in [7, 11) is 0. The molecule has 0 radical (unpaired) electrons. The number of anilines is 2. The number of hydrogen-bond acceptors (Lipinski definition) is 3. The lowest BCUT2D eigenvalue weighted by molar-refractivity contribution is -0.137. The highest BCUT2D eigenvalue weighted by molar-refractivity contribution is 5.96. The first kappa shape index (κ1) is 21.7. The topological polar surface area (TPSA) is 70.2 Å². The van der Waals surface area contributed by atoms with Crippen LogP contribution in [0.3, 0.4) is 0 Å². The third-order valence-electron chi connectivity index (χ3n) is 4.99. The Hall–Kier alpha value is -3.03. The highest BCUT2D eigenvalue weighted by Gasteiger charge is 2.30. The summed E-state index contributed by atoms with van der Waals surface area (Å²) in [5.41, 5.74) is 0.302. The van der Waals surface area contributed by atoms with E-state index in [0.717, 1.165) is 37.8 Å².